The molecule has 0 atom stereocenters. The molecule has 0 heteroatoms. The van der Waals surface area contributed by atoms with Crippen LogP contribution in [-0.2, 0) is 0 Å². The summed E-state index contributed by atoms with van der Waals surface area (Å²) >= 11 is 0. The Morgan fingerprint density at radius 3 is 0.364 bits per heavy atom. The lowest BCUT2D eigenvalue weighted by molar-refractivity contribution is 0.585. The highest BCUT2D eigenvalue weighted by Gasteiger charge is 1.95. The van der Waals surface area contributed by atoms with Crippen molar-refractivity contribution in [1.29, 1.82) is 0 Å². The first kappa shape index (κ1) is 9.09. The Morgan fingerprint density at radius 1 is 0.182 bits per heavy atom. The van der Waals surface area contributed by atoms with Crippen molar-refractivity contribution < 1.29 is 0 Å². The van der Waals surface area contributed by atoms with Crippen molar-refractivity contribution in [3.05, 3.63) is 0 Å². The molecule has 0 radical (unpaired) electrons. The number of hydrogen-bond acceptors (Lipinski definition) is 0. The standard InChI is InChI=1S/C11H22/c1-2-4-6-8-10-11-9-7-5-3-1/h1-11H2. The molecular formula is C11H22. The molecule has 11 heavy (non-hydrogen) atoms. The molecule has 66 valence electrons. The molecule has 0 nitrogen and oxygen atoms in total. The molecule has 0 N–H and O–H groups in total. The normalized spacial score (nSPS) is 24.0. The maximum Gasteiger partial charge on any atom is -0.0533 e. The second-order valence-electron chi connectivity index (χ2n) is 3.89. The van der Waals surface area contributed by atoms with Gasteiger partial charge in [-0.3, -0.25) is 0 Å². The van der Waals surface area contributed by atoms with Gasteiger partial charge in [-0.15, -0.1) is 0 Å². The third-order valence-electron chi connectivity index (χ3n) is 2.75. The minimum Gasteiger partial charge on any atom is -0.0533 e. The molecule has 1 aliphatic rings. The van der Waals surface area contributed by atoms with E-state index in [0.29, 0.717) is 0 Å². The third kappa shape index (κ3) is 5.29. The summed E-state index contributed by atoms with van der Waals surface area (Å²) in [6.45, 7) is 0. The van der Waals surface area contributed by atoms with Crippen LogP contribution in [-0.4, -0.2) is 0 Å². The van der Waals surface area contributed by atoms with Gasteiger partial charge in [-0.2, -0.15) is 0 Å². The molecule has 0 aromatic carbocycles. The topological polar surface area (TPSA) is 0 Å². The monoisotopic (exact) mass is 154 g/mol. The van der Waals surface area contributed by atoms with Gasteiger partial charge in [-0.1, -0.05) is 70.6 Å². The molecule has 0 saturated heterocycles. The van der Waals surface area contributed by atoms with Crippen LogP contribution in [0.4, 0.5) is 0 Å². The zero-order valence-corrected chi connectivity index (χ0v) is 7.78. The van der Waals surface area contributed by atoms with Gasteiger partial charge in [0, 0.05) is 0 Å². The predicted octanol–water partition coefficient (Wildman–Crippen LogP) is 4.29. The second kappa shape index (κ2) is 6.69. The molecule has 1 rings (SSSR count). The molecule has 0 spiro atoms. The summed E-state index contributed by atoms with van der Waals surface area (Å²) in [5.41, 5.74) is 0. The van der Waals surface area contributed by atoms with E-state index in [1.54, 1.807) is 0 Å². The van der Waals surface area contributed by atoms with Crippen LogP contribution in [0, 0.1) is 0 Å². The Kier molecular flexibility index (Phi) is 5.53. The minimum atomic E-state index is 1.50. The van der Waals surface area contributed by atoms with Crippen LogP contribution in [0.1, 0.15) is 70.6 Å². The fourth-order valence-electron chi connectivity index (χ4n) is 1.94. The van der Waals surface area contributed by atoms with Gasteiger partial charge in [0.1, 0.15) is 0 Å². The summed E-state index contributed by atoms with van der Waals surface area (Å²) < 4.78 is 0. The van der Waals surface area contributed by atoms with E-state index in [-0.39, 0.29) is 0 Å². The van der Waals surface area contributed by atoms with E-state index in [2.05, 4.69) is 0 Å². The van der Waals surface area contributed by atoms with Gasteiger partial charge in [0.15, 0.2) is 0 Å². The van der Waals surface area contributed by atoms with Crippen LogP contribution < -0.4 is 0 Å². The second-order valence-corrected chi connectivity index (χ2v) is 3.89. The van der Waals surface area contributed by atoms with E-state index >= 15 is 0 Å². The van der Waals surface area contributed by atoms with E-state index in [0.717, 1.165) is 0 Å². The van der Waals surface area contributed by atoms with E-state index < -0.39 is 0 Å². The first-order chi connectivity index (χ1) is 5.50. The van der Waals surface area contributed by atoms with Crippen LogP contribution in [0.3, 0.4) is 0 Å². The van der Waals surface area contributed by atoms with Gasteiger partial charge in [0.2, 0.25) is 0 Å². The Hall–Kier alpha value is 0. The predicted molar refractivity (Wildman–Crippen MR) is 50.8 cm³/mol. The smallest absolute Gasteiger partial charge is 0.0533 e. The van der Waals surface area contributed by atoms with Crippen molar-refractivity contribution in [3.8, 4) is 0 Å². The van der Waals surface area contributed by atoms with Crippen molar-refractivity contribution >= 4 is 0 Å². The SMILES string of the molecule is C1CCCCCCCCCC1. The lowest BCUT2D eigenvalue weighted by Crippen LogP contribution is -1.77. The van der Waals surface area contributed by atoms with Crippen LogP contribution >= 0.6 is 0 Å². The molecule has 0 heterocycles. The quantitative estimate of drug-likeness (QED) is 0.488. The minimum absolute atomic E-state index is 1.50. The highest BCUT2D eigenvalue weighted by molar-refractivity contribution is 4.51. The van der Waals surface area contributed by atoms with Crippen molar-refractivity contribution in [2.75, 3.05) is 0 Å². The molecule has 1 fully saturated rings. The lowest BCUT2D eigenvalue weighted by Gasteiger charge is -1.97. The summed E-state index contributed by atoms with van der Waals surface area (Å²) in [6, 6.07) is 0. The number of hydrogen-bond donors (Lipinski definition) is 0. The van der Waals surface area contributed by atoms with Crippen LogP contribution in [0.2, 0.25) is 0 Å². The molecule has 0 bridgehead atoms. The third-order valence-corrected chi connectivity index (χ3v) is 2.75. The van der Waals surface area contributed by atoms with Crippen molar-refractivity contribution in [2.24, 2.45) is 0 Å². The molecule has 0 amide bonds. The highest BCUT2D eigenvalue weighted by Crippen LogP contribution is 2.15. The van der Waals surface area contributed by atoms with Crippen molar-refractivity contribution in [1.82, 2.24) is 0 Å². The summed E-state index contributed by atoms with van der Waals surface area (Å²) in [4.78, 5) is 0. The average molecular weight is 154 g/mol. The zero-order chi connectivity index (χ0) is 7.78. The zero-order valence-electron chi connectivity index (χ0n) is 7.78. The Labute approximate surface area is 71.4 Å². The number of rotatable bonds is 0. The summed E-state index contributed by atoms with van der Waals surface area (Å²) in [5, 5.41) is 0. The van der Waals surface area contributed by atoms with Gasteiger partial charge >= 0.3 is 0 Å². The highest BCUT2D eigenvalue weighted by atomic mass is 14.0. The summed E-state index contributed by atoms with van der Waals surface area (Å²) in [6.07, 6.45) is 16.5. The molecule has 0 aliphatic heterocycles. The Balaban J connectivity index is 2.02. The van der Waals surface area contributed by atoms with Gasteiger partial charge in [0.05, 0.1) is 0 Å². The fraction of sp³-hybridized carbons (Fsp3) is 1.00. The van der Waals surface area contributed by atoms with E-state index in [1.165, 1.54) is 70.6 Å². The molecule has 0 unspecified atom stereocenters. The van der Waals surface area contributed by atoms with Gasteiger partial charge in [-0.25, -0.2) is 0 Å². The Bertz CT molecular complexity index is 38.1. The average Bonchev–Trinajstić information content (AvgIpc) is 2.08. The molecule has 0 aromatic heterocycles. The summed E-state index contributed by atoms with van der Waals surface area (Å²) in [7, 11) is 0. The van der Waals surface area contributed by atoms with E-state index in [1.807, 2.05) is 0 Å². The largest absolute Gasteiger partial charge is 0.0533 e. The first-order valence-corrected chi connectivity index (χ1v) is 5.50. The van der Waals surface area contributed by atoms with Gasteiger partial charge in [0.25, 0.3) is 0 Å². The van der Waals surface area contributed by atoms with Gasteiger partial charge < -0.3 is 0 Å². The van der Waals surface area contributed by atoms with Gasteiger partial charge in [-0.05, 0) is 0 Å². The van der Waals surface area contributed by atoms with Crippen LogP contribution in [0.25, 0.3) is 0 Å². The molecule has 1 saturated carbocycles. The summed E-state index contributed by atoms with van der Waals surface area (Å²) in [5.74, 6) is 0. The maximum absolute atomic E-state index is 1.50. The van der Waals surface area contributed by atoms with E-state index in [9.17, 15) is 0 Å². The molecular weight excluding hydrogens is 132 g/mol. The Morgan fingerprint density at radius 2 is 0.273 bits per heavy atom. The fourth-order valence-corrected chi connectivity index (χ4v) is 1.94. The van der Waals surface area contributed by atoms with E-state index in [4.69, 9.17) is 0 Å². The first-order valence-electron chi connectivity index (χ1n) is 5.50. The maximum atomic E-state index is 1.50. The lowest BCUT2D eigenvalue weighted by atomic mass is 10.1. The van der Waals surface area contributed by atoms with Crippen LogP contribution in [0.5, 0.6) is 0 Å². The van der Waals surface area contributed by atoms with Crippen molar-refractivity contribution in [2.45, 2.75) is 70.6 Å². The molecule has 0 aromatic rings. The molecule has 1 aliphatic carbocycles. The van der Waals surface area contributed by atoms with Crippen molar-refractivity contribution in [3.63, 3.8) is 0 Å². The van der Waals surface area contributed by atoms with Crippen LogP contribution in [0.15, 0.2) is 0 Å².